The van der Waals surface area contributed by atoms with Crippen molar-refractivity contribution < 1.29 is 22.3 Å². The van der Waals surface area contributed by atoms with Crippen LogP contribution in [0.4, 0.5) is 4.39 Å². The Labute approximate surface area is 157 Å². The summed E-state index contributed by atoms with van der Waals surface area (Å²) in [4.78, 5) is 11.8. The van der Waals surface area contributed by atoms with Crippen LogP contribution in [0.5, 0.6) is 0 Å². The molecule has 0 heterocycles. The van der Waals surface area contributed by atoms with Crippen molar-refractivity contribution >= 4 is 15.9 Å². The molecular weight excluding hydrogens is 373 g/mol. The summed E-state index contributed by atoms with van der Waals surface area (Å²) in [5.41, 5.74) is 6.73. The van der Waals surface area contributed by atoms with Crippen molar-refractivity contribution in [2.75, 3.05) is 13.7 Å². The standard InChI is InChI=1S/C18H22FN3O4S/c1-26-12-17(20)18(23)21-10-14-5-3-7-16(9-14)27(24,25)22-11-13-4-2-6-15(19)8-13/h2-9,17,22H,10-12,20H2,1H3,(H,21,23). The van der Waals surface area contributed by atoms with E-state index in [4.69, 9.17) is 10.5 Å². The lowest BCUT2D eigenvalue weighted by atomic mass is 10.2. The highest BCUT2D eigenvalue weighted by Gasteiger charge is 2.16. The highest BCUT2D eigenvalue weighted by atomic mass is 32.2. The molecule has 2 aromatic carbocycles. The average Bonchev–Trinajstić information content (AvgIpc) is 2.65. The van der Waals surface area contributed by atoms with Crippen molar-refractivity contribution in [3.63, 3.8) is 0 Å². The molecule has 0 aliphatic carbocycles. The number of nitrogens with two attached hydrogens (primary N) is 1. The van der Waals surface area contributed by atoms with Gasteiger partial charge in [0.25, 0.3) is 0 Å². The van der Waals surface area contributed by atoms with E-state index in [9.17, 15) is 17.6 Å². The number of hydrogen-bond acceptors (Lipinski definition) is 5. The summed E-state index contributed by atoms with van der Waals surface area (Å²) < 4.78 is 45.3. The number of sulfonamides is 1. The van der Waals surface area contributed by atoms with Gasteiger partial charge < -0.3 is 15.8 Å². The van der Waals surface area contributed by atoms with Gasteiger partial charge in [-0.2, -0.15) is 0 Å². The van der Waals surface area contributed by atoms with E-state index in [1.54, 1.807) is 18.2 Å². The summed E-state index contributed by atoms with van der Waals surface area (Å²) in [5.74, 6) is -0.828. The predicted octanol–water partition coefficient (Wildman–Crippen LogP) is 0.894. The predicted molar refractivity (Wildman–Crippen MR) is 98.6 cm³/mol. The smallest absolute Gasteiger partial charge is 0.240 e. The van der Waals surface area contributed by atoms with E-state index >= 15 is 0 Å². The second kappa shape index (κ2) is 9.56. The quantitative estimate of drug-likeness (QED) is 0.584. The number of hydrogen-bond donors (Lipinski definition) is 3. The second-order valence-corrected chi connectivity index (χ2v) is 7.65. The number of carbonyl (C=O) groups is 1. The van der Waals surface area contributed by atoms with Crippen LogP contribution in [0.1, 0.15) is 11.1 Å². The first kappa shape index (κ1) is 21.0. The van der Waals surface area contributed by atoms with Gasteiger partial charge in [0.2, 0.25) is 15.9 Å². The van der Waals surface area contributed by atoms with Crippen LogP contribution in [0.3, 0.4) is 0 Å². The van der Waals surface area contributed by atoms with Crippen LogP contribution >= 0.6 is 0 Å². The number of methoxy groups -OCH3 is 1. The maximum Gasteiger partial charge on any atom is 0.240 e. The molecule has 0 aromatic heterocycles. The Morgan fingerprint density at radius 2 is 1.81 bits per heavy atom. The van der Waals surface area contributed by atoms with Gasteiger partial charge in [-0.15, -0.1) is 0 Å². The largest absolute Gasteiger partial charge is 0.383 e. The zero-order chi connectivity index (χ0) is 19.9. The first-order valence-corrected chi connectivity index (χ1v) is 9.65. The molecule has 4 N–H and O–H groups in total. The highest BCUT2D eigenvalue weighted by molar-refractivity contribution is 7.89. The molecule has 27 heavy (non-hydrogen) atoms. The van der Waals surface area contributed by atoms with E-state index in [0.29, 0.717) is 11.1 Å². The summed E-state index contributed by atoms with van der Waals surface area (Å²) in [6.45, 7) is 0.181. The molecule has 7 nitrogen and oxygen atoms in total. The van der Waals surface area contributed by atoms with Gasteiger partial charge in [-0.25, -0.2) is 17.5 Å². The first-order chi connectivity index (χ1) is 12.8. The maximum atomic E-state index is 13.2. The van der Waals surface area contributed by atoms with Crippen LogP contribution in [0.25, 0.3) is 0 Å². The number of halogens is 1. The molecule has 0 aliphatic heterocycles. The molecule has 1 amide bonds. The van der Waals surface area contributed by atoms with E-state index in [0.717, 1.165) is 0 Å². The van der Waals surface area contributed by atoms with E-state index in [1.807, 2.05) is 0 Å². The third-order valence-electron chi connectivity index (χ3n) is 3.71. The molecule has 146 valence electrons. The molecule has 2 rings (SSSR count). The highest BCUT2D eigenvalue weighted by Crippen LogP contribution is 2.13. The third-order valence-corrected chi connectivity index (χ3v) is 5.11. The van der Waals surface area contributed by atoms with Crippen LogP contribution in [0, 0.1) is 5.82 Å². The molecule has 0 radical (unpaired) electrons. The van der Waals surface area contributed by atoms with Crippen molar-refractivity contribution in [1.29, 1.82) is 0 Å². The van der Waals surface area contributed by atoms with E-state index in [-0.39, 0.29) is 24.6 Å². The van der Waals surface area contributed by atoms with Crippen molar-refractivity contribution in [3.8, 4) is 0 Å². The topological polar surface area (TPSA) is 111 Å². The van der Waals surface area contributed by atoms with E-state index < -0.39 is 27.8 Å². The molecular formula is C18H22FN3O4S. The normalized spacial score (nSPS) is 12.6. The minimum absolute atomic E-state index is 0.0348. The van der Waals surface area contributed by atoms with E-state index in [1.165, 1.54) is 37.4 Å². The lowest BCUT2D eigenvalue weighted by Crippen LogP contribution is -2.43. The van der Waals surface area contributed by atoms with Gasteiger partial charge in [0.15, 0.2) is 0 Å². The Morgan fingerprint density at radius 1 is 1.15 bits per heavy atom. The van der Waals surface area contributed by atoms with Crippen molar-refractivity contribution in [2.45, 2.75) is 24.0 Å². The zero-order valence-corrected chi connectivity index (χ0v) is 15.6. The van der Waals surface area contributed by atoms with Gasteiger partial charge in [0.1, 0.15) is 11.9 Å². The number of benzene rings is 2. The van der Waals surface area contributed by atoms with Gasteiger partial charge >= 0.3 is 0 Å². The lowest BCUT2D eigenvalue weighted by Gasteiger charge is -2.12. The van der Waals surface area contributed by atoms with Gasteiger partial charge in [0.05, 0.1) is 11.5 Å². The fourth-order valence-corrected chi connectivity index (χ4v) is 3.39. The van der Waals surface area contributed by atoms with Gasteiger partial charge in [-0.3, -0.25) is 4.79 Å². The number of nitrogens with one attached hydrogen (secondary N) is 2. The molecule has 2 aromatic rings. The van der Waals surface area contributed by atoms with Gasteiger partial charge in [-0.05, 0) is 35.4 Å². The SMILES string of the molecule is COCC(N)C(=O)NCc1cccc(S(=O)(=O)NCc2cccc(F)c2)c1. The molecule has 0 aliphatic rings. The summed E-state index contributed by atoms with van der Waals surface area (Å²) in [5, 5.41) is 2.63. The fraction of sp³-hybridized carbons (Fsp3) is 0.278. The first-order valence-electron chi connectivity index (χ1n) is 8.17. The number of amides is 1. The van der Waals surface area contributed by atoms with Crippen molar-refractivity contribution in [1.82, 2.24) is 10.0 Å². The van der Waals surface area contributed by atoms with Crippen LogP contribution in [0.2, 0.25) is 0 Å². The van der Waals surface area contributed by atoms with Gasteiger partial charge in [-0.1, -0.05) is 24.3 Å². The molecule has 1 atom stereocenters. The molecule has 0 fully saturated rings. The Hall–Kier alpha value is -2.33. The Balaban J connectivity index is 2.01. The molecule has 9 heteroatoms. The Bertz CT molecular complexity index is 890. The van der Waals surface area contributed by atoms with Crippen molar-refractivity contribution in [2.24, 2.45) is 5.73 Å². The molecule has 0 saturated heterocycles. The van der Waals surface area contributed by atoms with Crippen LogP contribution in [0.15, 0.2) is 53.4 Å². The second-order valence-electron chi connectivity index (χ2n) is 5.88. The molecule has 0 saturated carbocycles. The molecule has 0 spiro atoms. The summed E-state index contributed by atoms with van der Waals surface area (Å²) in [6.07, 6.45) is 0. The van der Waals surface area contributed by atoms with Crippen LogP contribution in [-0.4, -0.2) is 34.1 Å². The number of carbonyl (C=O) groups excluding carboxylic acids is 1. The fourth-order valence-electron chi connectivity index (χ4n) is 2.31. The van der Waals surface area contributed by atoms with Crippen LogP contribution in [-0.2, 0) is 32.6 Å². The third kappa shape index (κ3) is 6.40. The minimum Gasteiger partial charge on any atom is -0.383 e. The minimum atomic E-state index is -3.79. The monoisotopic (exact) mass is 395 g/mol. The van der Waals surface area contributed by atoms with Gasteiger partial charge in [0, 0.05) is 20.2 Å². The average molecular weight is 395 g/mol. The molecule has 1 unspecified atom stereocenters. The summed E-state index contributed by atoms with van der Waals surface area (Å²) >= 11 is 0. The number of ether oxygens (including phenoxy) is 1. The Kier molecular flexibility index (Phi) is 7.43. The Morgan fingerprint density at radius 3 is 2.48 bits per heavy atom. The maximum absolute atomic E-state index is 13.2. The van der Waals surface area contributed by atoms with Crippen LogP contribution < -0.4 is 15.8 Å². The zero-order valence-electron chi connectivity index (χ0n) is 14.8. The molecule has 0 bridgehead atoms. The summed E-state index contributed by atoms with van der Waals surface area (Å²) in [6, 6.07) is 11.0. The lowest BCUT2D eigenvalue weighted by molar-refractivity contribution is -0.123. The van der Waals surface area contributed by atoms with Crippen molar-refractivity contribution in [3.05, 3.63) is 65.5 Å². The van der Waals surface area contributed by atoms with E-state index in [2.05, 4.69) is 10.0 Å². The number of rotatable bonds is 9. The summed E-state index contributed by atoms with van der Waals surface area (Å²) in [7, 11) is -2.34.